The lowest BCUT2D eigenvalue weighted by Gasteiger charge is -2.21. The van der Waals surface area contributed by atoms with Crippen LogP contribution in [0.5, 0.6) is 0 Å². The number of allylic oxidation sites excluding steroid dienone is 5. The summed E-state index contributed by atoms with van der Waals surface area (Å²) in [5.74, 6) is -0.517. The number of rotatable bonds is 40. The predicted octanol–water partition coefficient (Wildman–Crippen LogP) is 12.8. The fourth-order valence-electron chi connectivity index (χ4n) is 6.70. The van der Waals surface area contributed by atoms with E-state index in [1.165, 1.54) is 154 Å². The monoisotopic (exact) mass is 718 g/mol. The highest BCUT2D eigenvalue weighted by atomic mass is 16.3. The summed E-state index contributed by atoms with van der Waals surface area (Å²) >= 11 is 0. The first-order valence-electron chi connectivity index (χ1n) is 22.3. The van der Waals surface area contributed by atoms with Gasteiger partial charge in [-0.1, -0.05) is 224 Å². The van der Waals surface area contributed by atoms with Crippen LogP contribution >= 0.6 is 0 Å². The minimum absolute atomic E-state index is 0.380. The molecule has 0 saturated carbocycles. The lowest BCUT2D eigenvalue weighted by Crippen LogP contribution is -2.48. The predicted molar refractivity (Wildman–Crippen MR) is 222 cm³/mol. The van der Waals surface area contributed by atoms with Crippen LogP contribution in [0.1, 0.15) is 226 Å². The molecule has 0 aliphatic heterocycles. The number of nitrogens with one attached hydrogen (secondary N) is 1. The molecule has 0 radical (unpaired) electrons. The topological polar surface area (TPSA) is 89.8 Å². The molecule has 0 bridgehead atoms. The van der Waals surface area contributed by atoms with Crippen molar-refractivity contribution >= 4 is 5.91 Å². The van der Waals surface area contributed by atoms with Crippen molar-refractivity contribution in [1.29, 1.82) is 0 Å². The van der Waals surface area contributed by atoms with Crippen molar-refractivity contribution in [3.8, 4) is 0 Å². The molecule has 5 heteroatoms. The van der Waals surface area contributed by atoms with Crippen LogP contribution in [-0.4, -0.2) is 46.1 Å². The van der Waals surface area contributed by atoms with E-state index in [2.05, 4.69) is 43.5 Å². The van der Waals surface area contributed by atoms with Gasteiger partial charge in [0.15, 0.2) is 0 Å². The normalized spacial score (nSPS) is 13.9. The second-order valence-corrected chi connectivity index (χ2v) is 15.2. The molecule has 3 atom stereocenters. The van der Waals surface area contributed by atoms with E-state index in [-0.39, 0.29) is 6.61 Å². The molecular weight excluding hydrogens is 631 g/mol. The van der Waals surface area contributed by atoms with Crippen LogP contribution in [0.15, 0.2) is 36.5 Å². The van der Waals surface area contributed by atoms with Gasteiger partial charge in [0.25, 0.3) is 0 Å². The molecule has 51 heavy (non-hydrogen) atoms. The third kappa shape index (κ3) is 36.7. The Morgan fingerprint density at radius 2 is 0.804 bits per heavy atom. The van der Waals surface area contributed by atoms with Crippen molar-refractivity contribution < 1.29 is 20.1 Å². The molecule has 3 unspecified atom stereocenters. The van der Waals surface area contributed by atoms with Gasteiger partial charge in [0.1, 0.15) is 6.10 Å². The SMILES string of the molecule is CCC/C=C/CC/C=C/CC/C=C/C(O)C(CO)NC(=O)C(O)CCCCCCCCCCCCCCCCCCCCCCCCCCCC. The fraction of sp³-hybridized carbons (Fsp3) is 0.848. The summed E-state index contributed by atoms with van der Waals surface area (Å²) in [6.07, 6.45) is 52.0. The molecular formula is C46H87NO4. The fourth-order valence-corrected chi connectivity index (χ4v) is 6.70. The van der Waals surface area contributed by atoms with Gasteiger partial charge in [0.05, 0.1) is 18.8 Å². The number of aliphatic hydroxyl groups is 3. The van der Waals surface area contributed by atoms with Gasteiger partial charge in [0.2, 0.25) is 5.91 Å². The number of hydrogen-bond donors (Lipinski definition) is 4. The van der Waals surface area contributed by atoms with Crippen molar-refractivity contribution in [2.24, 2.45) is 0 Å². The zero-order valence-electron chi connectivity index (χ0n) is 34.0. The molecule has 4 N–H and O–H groups in total. The molecule has 300 valence electrons. The average molecular weight is 718 g/mol. The molecule has 0 heterocycles. The quantitative estimate of drug-likeness (QED) is 0.0375. The molecule has 0 rings (SSSR count). The molecule has 0 aromatic heterocycles. The van der Waals surface area contributed by atoms with E-state index >= 15 is 0 Å². The molecule has 0 aliphatic carbocycles. The van der Waals surface area contributed by atoms with Gasteiger partial charge >= 0.3 is 0 Å². The van der Waals surface area contributed by atoms with Gasteiger partial charge in [0, 0.05) is 0 Å². The third-order valence-corrected chi connectivity index (χ3v) is 10.2. The lowest BCUT2D eigenvalue weighted by molar-refractivity contribution is -0.131. The van der Waals surface area contributed by atoms with Gasteiger partial charge in [-0.2, -0.15) is 0 Å². The van der Waals surface area contributed by atoms with E-state index < -0.39 is 24.2 Å². The number of unbranched alkanes of at least 4 members (excludes halogenated alkanes) is 28. The first-order valence-corrected chi connectivity index (χ1v) is 22.3. The van der Waals surface area contributed by atoms with Crippen LogP contribution in [0.2, 0.25) is 0 Å². The summed E-state index contributed by atoms with van der Waals surface area (Å²) in [7, 11) is 0. The highest BCUT2D eigenvalue weighted by Crippen LogP contribution is 2.16. The van der Waals surface area contributed by atoms with E-state index in [1.54, 1.807) is 6.08 Å². The van der Waals surface area contributed by atoms with E-state index in [0.29, 0.717) is 6.42 Å². The Kier molecular flexibility index (Phi) is 40.2. The lowest BCUT2D eigenvalue weighted by atomic mass is 10.0. The molecule has 0 saturated heterocycles. The molecule has 0 spiro atoms. The van der Waals surface area contributed by atoms with Gasteiger partial charge in [-0.3, -0.25) is 4.79 Å². The summed E-state index contributed by atoms with van der Waals surface area (Å²) in [5, 5.41) is 33.0. The third-order valence-electron chi connectivity index (χ3n) is 10.2. The Hall–Kier alpha value is -1.43. The zero-order valence-corrected chi connectivity index (χ0v) is 34.0. The summed E-state index contributed by atoms with van der Waals surface area (Å²) < 4.78 is 0. The average Bonchev–Trinajstić information content (AvgIpc) is 3.13. The number of carbonyl (C=O) groups is 1. The van der Waals surface area contributed by atoms with Crippen LogP contribution < -0.4 is 5.32 Å². The maximum absolute atomic E-state index is 12.4. The Labute approximate surface area is 317 Å². The molecule has 0 fully saturated rings. The molecule has 0 aromatic carbocycles. The largest absolute Gasteiger partial charge is 0.394 e. The van der Waals surface area contributed by atoms with Crippen LogP contribution in [0.3, 0.4) is 0 Å². The highest BCUT2D eigenvalue weighted by molar-refractivity contribution is 5.80. The number of hydrogen-bond acceptors (Lipinski definition) is 4. The zero-order chi connectivity index (χ0) is 37.3. The highest BCUT2D eigenvalue weighted by Gasteiger charge is 2.22. The van der Waals surface area contributed by atoms with Gasteiger partial charge in [-0.05, 0) is 38.5 Å². The second kappa shape index (κ2) is 41.3. The second-order valence-electron chi connectivity index (χ2n) is 15.2. The van der Waals surface area contributed by atoms with Crippen molar-refractivity contribution in [1.82, 2.24) is 5.32 Å². The van der Waals surface area contributed by atoms with Crippen molar-refractivity contribution in [3.05, 3.63) is 36.5 Å². The maximum Gasteiger partial charge on any atom is 0.249 e. The van der Waals surface area contributed by atoms with E-state index in [1.807, 2.05) is 6.08 Å². The van der Waals surface area contributed by atoms with Crippen molar-refractivity contribution in [3.63, 3.8) is 0 Å². The number of aliphatic hydroxyl groups excluding tert-OH is 3. The summed E-state index contributed by atoms with van der Waals surface area (Å²) in [6, 6.07) is -0.817. The summed E-state index contributed by atoms with van der Waals surface area (Å²) in [4.78, 5) is 12.4. The van der Waals surface area contributed by atoms with Crippen molar-refractivity contribution in [2.75, 3.05) is 6.61 Å². The first-order chi connectivity index (χ1) is 25.1. The van der Waals surface area contributed by atoms with Crippen LogP contribution in [0.4, 0.5) is 0 Å². The van der Waals surface area contributed by atoms with Gasteiger partial charge in [-0.15, -0.1) is 0 Å². The van der Waals surface area contributed by atoms with E-state index in [4.69, 9.17) is 0 Å². The smallest absolute Gasteiger partial charge is 0.249 e. The summed E-state index contributed by atoms with van der Waals surface area (Å²) in [5.41, 5.74) is 0. The Bertz CT molecular complexity index is 794. The Morgan fingerprint density at radius 1 is 0.471 bits per heavy atom. The molecule has 5 nitrogen and oxygen atoms in total. The van der Waals surface area contributed by atoms with Crippen LogP contribution in [-0.2, 0) is 4.79 Å². The van der Waals surface area contributed by atoms with Crippen LogP contribution in [0.25, 0.3) is 0 Å². The molecule has 0 aliphatic rings. The van der Waals surface area contributed by atoms with E-state index in [0.717, 1.165) is 51.4 Å². The minimum atomic E-state index is -1.11. The summed E-state index contributed by atoms with van der Waals surface area (Å²) in [6.45, 7) is 4.09. The number of amides is 1. The maximum atomic E-state index is 12.4. The standard InChI is InChI=1S/C46H87NO4/c1-3-5-7-9-11-13-15-16-17-18-19-20-21-22-23-24-25-26-27-28-29-31-33-35-37-39-41-45(50)46(51)47-43(42-48)44(49)40-38-36-34-32-30-14-12-10-8-6-4-2/h8,10,30,32,38,40,43-45,48-50H,3-7,9,11-29,31,33-37,39,41-42H2,1-2H3,(H,47,51)/b10-8+,32-30+,40-38+. The van der Waals surface area contributed by atoms with E-state index in [9.17, 15) is 20.1 Å². The molecule has 1 amide bonds. The molecule has 0 aromatic rings. The van der Waals surface area contributed by atoms with Gasteiger partial charge in [-0.25, -0.2) is 0 Å². The van der Waals surface area contributed by atoms with Crippen LogP contribution in [0, 0.1) is 0 Å². The number of carbonyl (C=O) groups excluding carboxylic acids is 1. The Morgan fingerprint density at radius 3 is 1.16 bits per heavy atom. The van der Waals surface area contributed by atoms with Gasteiger partial charge < -0.3 is 20.6 Å². The first kappa shape index (κ1) is 49.6. The van der Waals surface area contributed by atoms with Crippen molar-refractivity contribution in [2.45, 2.75) is 244 Å². The Balaban J connectivity index is 3.57. The minimum Gasteiger partial charge on any atom is -0.394 e.